The number of unbranched alkanes of at least 4 members (excludes halogenated alkanes) is 11. The van der Waals surface area contributed by atoms with E-state index < -0.39 is 6.10 Å². The van der Waals surface area contributed by atoms with E-state index in [0.29, 0.717) is 19.0 Å². The summed E-state index contributed by atoms with van der Waals surface area (Å²) in [5, 5.41) is 16.7. The maximum Gasteiger partial charge on any atom is 0.254 e. The Labute approximate surface area is 250 Å². The van der Waals surface area contributed by atoms with Crippen LogP contribution in [0.1, 0.15) is 127 Å². The van der Waals surface area contributed by atoms with Gasteiger partial charge in [0.15, 0.2) is 0 Å². The monoisotopic (exact) mass is 565 g/mol. The molecule has 5 nitrogen and oxygen atoms in total. The zero-order valence-corrected chi connectivity index (χ0v) is 26.2. The number of rotatable bonds is 20. The molecule has 1 aliphatic heterocycles. The molecule has 0 radical (unpaired) electrons. The number of hydrogen-bond acceptors (Lipinski definition) is 4. The Balaban J connectivity index is 1.39. The summed E-state index contributed by atoms with van der Waals surface area (Å²) in [6.07, 6.45) is 19.1. The Morgan fingerprint density at radius 2 is 1.51 bits per heavy atom. The average Bonchev–Trinajstić information content (AvgIpc) is 3.00. The van der Waals surface area contributed by atoms with Crippen molar-refractivity contribution < 1.29 is 9.90 Å². The van der Waals surface area contributed by atoms with Gasteiger partial charge in [-0.3, -0.25) is 4.79 Å². The third kappa shape index (κ3) is 11.3. The van der Waals surface area contributed by atoms with Crippen molar-refractivity contribution in [2.24, 2.45) is 11.7 Å². The van der Waals surface area contributed by atoms with Crippen LogP contribution in [0.2, 0.25) is 0 Å². The van der Waals surface area contributed by atoms with Crippen LogP contribution in [0.4, 0.5) is 0 Å². The highest BCUT2D eigenvalue weighted by molar-refractivity contribution is 6.07. The Morgan fingerprint density at radius 3 is 2.20 bits per heavy atom. The number of aliphatic hydroxyl groups is 1. The predicted octanol–water partition coefficient (Wildman–Crippen LogP) is 7.84. The van der Waals surface area contributed by atoms with Crippen LogP contribution < -0.4 is 11.1 Å². The number of carbonyl (C=O) groups excluding carboxylic acids is 1. The van der Waals surface area contributed by atoms with Gasteiger partial charge in [0, 0.05) is 37.3 Å². The van der Waals surface area contributed by atoms with Crippen molar-refractivity contribution in [2.45, 2.75) is 135 Å². The molecule has 0 aromatic heterocycles. The van der Waals surface area contributed by atoms with Gasteiger partial charge >= 0.3 is 0 Å². The molecule has 2 unspecified atom stereocenters. The molecule has 1 fully saturated rings. The predicted molar refractivity (Wildman–Crippen MR) is 174 cm³/mol. The molecular formula is C36H59N3O2. The van der Waals surface area contributed by atoms with Gasteiger partial charge in [-0.05, 0) is 42.0 Å². The third-order valence-electron chi connectivity index (χ3n) is 9.16. The van der Waals surface area contributed by atoms with E-state index in [1.807, 2.05) is 35.2 Å². The van der Waals surface area contributed by atoms with Crippen LogP contribution in [0.3, 0.4) is 0 Å². The lowest BCUT2D eigenvalue weighted by Gasteiger charge is -2.39. The van der Waals surface area contributed by atoms with E-state index in [0.717, 1.165) is 55.0 Å². The van der Waals surface area contributed by atoms with Gasteiger partial charge in [-0.2, -0.15) is 0 Å². The summed E-state index contributed by atoms with van der Waals surface area (Å²) in [6.45, 7) is 6.68. The summed E-state index contributed by atoms with van der Waals surface area (Å²) < 4.78 is 0. The molecular weight excluding hydrogens is 506 g/mol. The fourth-order valence-electron chi connectivity index (χ4n) is 6.63. The molecule has 3 rings (SSSR count). The number of nitrogens with one attached hydrogen (secondary N) is 1. The molecule has 1 heterocycles. The van der Waals surface area contributed by atoms with Crippen molar-refractivity contribution >= 4 is 16.7 Å². The largest absolute Gasteiger partial charge is 0.392 e. The SMILES string of the molecule is CCCCCCCCCCCCCCC(O)[C@H](N)CC(CCC)[C@H]1CN(C(=O)c2cccc3ccccc23)CCN1. The molecule has 2 aromatic carbocycles. The van der Waals surface area contributed by atoms with Crippen LogP contribution in [0, 0.1) is 5.92 Å². The van der Waals surface area contributed by atoms with Crippen molar-refractivity contribution in [3.63, 3.8) is 0 Å². The molecule has 4 atom stereocenters. The molecule has 5 heteroatoms. The van der Waals surface area contributed by atoms with Crippen molar-refractivity contribution in [2.75, 3.05) is 19.6 Å². The van der Waals surface area contributed by atoms with E-state index in [-0.39, 0.29) is 18.0 Å². The highest BCUT2D eigenvalue weighted by Crippen LogP contribution is 2.25. The second-order valence-electron chi connectivity index (χ2n) is 12.5. The van der Waals surface area contributed by atoms with Gasteiger partial charge < -0.3 is 21.1 Å². The van der Waals surface area contributed by atoms with Gasteiger partial charge in [0.2, 0.25) is 0 Å². The Bertz CT molecular complexity index is 990. The number of nitrogens with two attached hydrogens (primary N) is 1. The first kappa shape index (κ1) is 33.6. The Morgan fingerprint density at radius 1 is 0.878 bits per heavy atom. The first-order valence-electron chi connectivity index (χ1n) is 17.0. The lowest BCUT2D eigenvalue weighted by molar-refractivity contribution is 0.0645. The zero-order chi connectivity index (χ0) is 29.3. The van der Waals surface area contributed by atoms with Crippen molar-refractivity contribution in [1.82, 2.24) is 10.2 Å². The van der Waals surface area contributed by atoms with Crippen LogP contribution in [0.15, 0.2) is 42.5 Å². The molecule has 0 bridgehead atoms. The number of piperazine rings is 1. The van der Waals surface area contributed by atoms with Crippen molar-refractivity contribution in [3.8, 4) is 0 Å². The van der Waals surface area contributed by atoms with Gasteiger partial charge in [0.25, 0.3) is 5.91 Å². The maximum absolute atomic E-state index is 13.6. The van der Waals surface area contributed by atoms with Crippen molar-refractivity contribution in [1.29, 1.82) is 0 Å². The van der Waals surface area contributed by atoms with Crippen molar-refractivity contribution in [3.05, 3.63) is 48.0 Å². The van der Waals surface area contributed by atoms with Crippen LogP contribution in [-0.4, -0.2) is 53.7 Å². The number of benzene rings is 2. The van der Waals surface area contributed by atoms with Gasteiger partial charge in [-0.25, -0.2) is 0 Å². The van der Waals surface area contributed by atoms with E-state index in [9.17, 15) is 9.90 Å². The molecule has 4 N–H and O–H groups in total. The molecule has 0 spiro atoms. The summed E-state index contributed by atoms with van der Waals surface area (Å²) in [6, 6.07) is 14.1. The average molecular weight is 566 g/mol. The minimum atomic E-state index is -0.450. The Kier molecular flexibility index (Phi) is 15.8. The highest BCUT2D eigenvalue weighted by atomic mass is 16.3. The fourth-order valence-corrected chi connectivity index (χ4v) is 6.63. The third-order valence-corrected chi connectivity index (χ3v) is 9.16. The molecule has 1 amide bonds. The van der Waals surface area contributed by atoms with E-state index in [1.165, 1.54) is 70.6 Å². The van der Waals surface area contributed by atoms with Gasteiger partial charge in [-0.15, -0.1) is 0 Å². The maximum atomic E-state index is 13.6. The topological polar surface area (TPSA) is 78.6 Å². The standard InChI is InChI=1S/C36H59N3O2/c1-3-5-6-7-8-9-10-11-12-13-14-15-24-35(40)33(37)27-30(19-4-2)34-28-39(26-25-38-34)36(41)32-23-18-21-29-20-16-17-22-31(29)32/h16-18,20-23,30,33-35,38,40H,3-15,19,24-28,37H2,1-2H3/t30?,33-,34-,35?/m1/s1. The van der Waals surface area contributed by atoms with Crippen LogP contribution >= 0.6 is 0 Å². The smallest absolute Gasteiger partial charge is 0.254 e. The second kappa shape index (κ2) is 19.3. The van der Waals surface area contributed by atoms with E-state index >= 15 is 0 Å². The number of carbonyl (C=O) groups is 1. The molecule has 1 saturated heterocycles. The van der Waals surface area contributed by atoms with Gasteiger partial charge in [0.05, 0.1) is 6.10 Å². The molecule has 2 aromatic rings. The quantitative estimate of drug-likeness (QED) is 0.143. The van der Waals surface area contributed by atoms with Gasteiger partial charge in [0.1, 0.15) is 0 Å². The second-order valence-corrected chi connectivity index (χ2v) is 12.5. The molecule has 0 aliphatic carbocycles. The normalized spacial score (nSPS) is 18.0. The minimum absolute atomic E-state index is 0.111. The fraction of sp³-hybridized carbons (Fsp3) is 0.694. The summed E-state index contributed by atoms with van der Waals surface area (Å²) in [7, 11) is 0. The highest BCUT2D eigenvalue weighted by Gasteiger charge is 2.31. The number of nitrogens with zero attached hydrogens (tertiary/aromatic N) is 1. The number of amides is 1. The summed E-state index contributed by atoms with van der Waals surface area (Å²) >= 11 is 0. The number of fused-ring (bicyclic) bond motifs is 1. The molecule has 0 saturated carbocycles. The van der Waals surface area contributed by atoms with Crippen LogP contribution in [-0.2, 0) is 0 Å². The summed E-state index contributed by atoms with van der Waals surface area (Å²) in [4.78, 5) is 15.6. The van der Waals surface area contributed by atoms with Gasteiger partial charge in [-0.1, -0.05) is 134 Å². The number of hydrogen-bond donors (Lipinski definition) is 3. The van der Waals surface area contributed by atoms with Crippen LogP contribution in [0.25, 0.3) is 10.8 Å². The Hall–Kier alpha value is -1.95. The zero-order valence-electron chi connectivity index (χ0n) is 26.2. The molecule has 230 valence electrons. The first-order valence-corrected chi connectivity index (χ1v) is 17.0. The minimum Gasteiger partial charge on any atom is -0.392 e. The lowest BCUT2D eigenvalue weighted by Crippen LogP contribution is -2.56. The molecule has 41 heavy (non-hydrogen) atoms. The van der Waals surface area contributed by atoms with Crippen LogP contribution in [0.5, 0.6) is 0 Å². The summed E-state index contributed by atoms with van der Waals surface area (Å²) in [5.41, 5.74) is 7.37. The van der Waals surface area contributed by atoms with E-state index in [1.54, 1.807) is 0 Å². The lowest BCUT2D eigenvalue weighted by atomic mass is 9.85. The summed E-state index contributed by atoms with van der Waals surface area (Å²) in [5.74, 6) is 0.453. The number of aliphatic hydroxyl groups excluding tert-OH is 1. The van der Waals surface area contributed by atoms with E-state index in [2.05, 4.69) is 31.3 Å². The first-order chi connectivity index (χ1) is 20.0. The molecule has 1 aliphatic rings. The van der Waals surface area contributed by atoms with E-state index in [4.69, 9.17) is 5.73 Å².